The third-order valence-corrected chi connectivity index (χ3v) is 3.82. The Balaban J connectivity index is 1.85. The smallest absolute Gasteiger partial charge is 0.223 e. The summed E-state index contributed by atoms with van der Waals surface area (Å²) in [6, 6.07) is 0.350. The topological polar surface area (TPSA) is 32.3 Å². The van der Waals surface area contributed by atoms with E-state index in [-0.39, 0.29) is 0 Å². The van der Waals surface area contributed by atoms with E-state index in [0.29, 0.717) is 17.9 Å². The average Bonchev–Trinajstić information content (AvgIpc) is 3.01. The minimum Gasteiger partial charge on any atom is -0.339 e. The highest BCUT2D eigenvalue weighted by molar-refractivity contribution is 5.77. The van der Waals surface area contributed by atoms with Gasteiger partial charge in [-0.15, -0.1) is 0 Å². The van der Waals surface area contributed by atoms with Crippen molar-refractivity contribution in [1.29, 1.82) is 0 Å². The van der Waals surface area contributed by atoms with E-state index >= 15 is 0 Å². The van der Waals surface area contributed by atoms with Crippen LogP contribution in [0, 0.1) is 11.8 Å². The zero-order chi connectivity index (χ0) is 10.8. The molecule has 0 radical (unpaired) electrons. The Bertz CT molecular complexity index is 238. The minimum atomic E-state index is 0.350. The van der Waals surface area contributed by atoms with Gasteiger partial charge in [-0.25, -0.2) is 0 Å². The van der Waals surface area contributed by atoms with Gasteiger partial charge in [0.25, 0.3) is 0 Å². The van der Waals surface area contributed by atoms with Gasteiger partial charge in [-0.1, -0.05) is 0 Å². The van der Waals surface area contributed by atoms with Gasteiger partial charge in [-0.2, -0.15) is 0 Å². The zero-order valence-corrected chi connectivity index (χ0v) is 9.83. The molecule has 2 fully saturated rings. The maximum atomic E-state index is 12.0. The number of nitrogens with one attached hydrogen (secondary N) is 1. The summed E-state index contributed by atoms with van der Waals surface area (Å²) in [7, 11) is 1.94. The molecule has 1 aliphatic heterocycles. The van der Waals surface area contributed by atoms with Crippen LogP contribution in [0.3, 0.4) is 0 Å². The Hall–Kier alpha value is -0.570. The molecule has 86 valence electrons. The van der Waals surface area contributed by atoms with E-state index < -0.39 is 0 Å². The molecule has 0 aromatic rings. The van der Waals surface area contributed by atoms with Crippen LogP contribution >= 0.6 is 0 Å². The summed E-state index contributed by atoms with van der Waals surface area (Å²) in [6.45, 7) is 4.01. The first-order valence-electron chi connectivity index (χ1n) is 6.16. The lowest BCUT2D eigenvalue weighted by molar-refractivity contribution is -0.137. The highest BCUT2D eigenvalue weighted by atomic mass is 16.2. The number of hydrogen-bond acceptors (Lipinski definition) is 2. The second-order valence-corrected chi connectivity index (χ2v) is 5.08. The maximum Gasteiger partial charge on any atom is 0.223 e. The molecule has 1 saturated carbocycles. The fourth-order valence-electron chi connectivity index (χ4n) is 2.72. The van der Waals surface area contributed by atoms with E-state index in [1.54, 1.807) is 0 Å². The van der Waals surface area contributed by atoms with Gasteiger partial charge >= 0.3 is 0 Å². The van der Waals surface area contributed by atoms with Crippen molar-refractivity contribution in [2.75, 3.05) is 20.1 Å². The van der Waals surface area contributed by atoms with Crippen LogP contribution in [-0.4, -0.2) is 37.0 Å². The molecule has 0 bridgehead atoms. The van der Waals surface area contributed by atoms with Crippen molar-refractivity contribution in [3.8, 4) is 0 Å². The van der Waals surface area contributed by atoms with E-state index in [2.05, 4.69) is 17.1 Å². The molecule has 1 amide bonds. The van der Waals surface area contributed by atoms with Gasteiger partial charge in [-0.05, 0) is 45.1 Å². The number of likely N-dealkylation sites (tertiary alicyclic amines) is 1. The summed E-state index contributed by atoms with van der Waals surface area (Å²) in [5.74, 6) is 1.96. The normalized spacial score (nSPS) is 29.3. The molecule has 2 rings (SSSR count). The number of carbonyl (C=O) groups excluding carboxylic acids is 1. The highest BCUT2D eigenvalue weighted by Gasteiger charge is 2.37. The second-order valence-electron chi connectivity index (χ2n) is 5.08. The van der Waals surface area contributed by atoms with Crippen LogP contribution in [0.5, 0.6) is 0 Å². The third-order valence-electron chi connectivity index (χ3n) is 3.82. The Labute approximate surface area is 92.2 Å². The van der Waals surface area contributed by atoms with Crippen molar-refractivity contribution in [2.24, 2.45) is 11.8 Å². The predicted molar refractivity (Wildman–Crippen MR) is 60.5 cm³/mol. The first-order valence-corrected chi connectivity index (χ1v) is 6.16. The van der Waals surface area contributed by atoms with E-state index in [9.17, 15) is 4.79 Å². The van der Waals surface area contributed by atoms with Gasteiger partial charge in [-0.3, -0.25) is 4.79 Å². The Morgan fingerprint density at radius 1 is 1.40 bits per heavy atom. The molecule has 2 unspecified atom stereocenters. The van der Waals surface area contributed by atoms with E-state index in [1.165, 1.54) is 19.3 Å². The molecule has 3 heteroatoms. The number of piperidine rings is 1. The first-order chi connectivity index (χ1) is 7.22. The van der Waals surface area contributed by atoms with Gasteiger partial charge in [0.05, 0.1) is 0 Å². The SMILES string of the molecule is CNCC(C)N1CCC(C2CC2)CC1=O. The van der Waals surface area contributed by atoms with Crippen molar-refractivity contribution in [3.05, 3.63) is 0 Å². The largest absolute Gasteiger partial charge is 0.339 e. The Morgan fingerprint density at radius 3 is 2.67 bits per heavy atom. The predicted octanol–water partition coefficient (Wildman–Crippen LogP) is 1.24. The standard InChI is InChI=1S/C12H22N2O/c1-9(8-13-2)14-6-5-11(7-12(14)15)10-3-4-10/h9-11,13H,3-8H2,1-2H3. The lowest BCUT2D eigenvalue weighted by Gasteiger charge is -2.36. The van der Waals surface area contributed by atoms with Gasteiger partial charge < -0.3 is 10.2 Å². The van der Waals surface area contributed by atoms with Crippen molar-refractivity contribution in [1.82, 2.24) is 10.2 Å². The molecule has 2 aliphatic rings. The van der Waals surface area contributed by atoms with Crippen LogP contribution in [0.15, 0.2) is 0 Å². The van der Waals surface area contributed by atoms with Gasteiger partial charge in [0.2, 0.25) is 5.91 Å². The lowest BCUT2D eigenvalue weighted by atomic mass is 9.91. The van der Waals surface area contributed by atoms with Crippen molar-refractivity contribution in [3.63, 3.8) is 0 Å². The summed E-state index contributed by atoms with van der Waals surface area (Å²) in [5.41, 5.74) is 0. The van der Waals surface area contributed by atoms with Gasteiger partial charge in [0.15, 0.2) is 0 Å². The third kappa shape index (κ3) is 2.51. The number of carbonyl (C=O) groups is 1. The molecule has 3 nitrogen and oxygen atoms in total. The van der Waals surface area contributed by atoms with Crippen LogP contribution in [0.4, 0.5) is 0 Å². The first kappa shape index (κ1) is 10.9. The monoisotopic (exact) mass is 210 g/mol. The number of hydrogen-bond donors (Lipinski definition) is 1. The number of likely N-dealkylation sites (N-methyl/N-ethyl adjacent to an activating group) is 1. The maximum absolute atomic E-state index is 12.0. The van der Waals surface area contributed by atoms with Crippen LogP contribution in [0.2, 0.25) is 0 Å². The van der Waals surface area contributed by atoms with Crippen LogP contribution in [0.1, 0.15) is 32.6 Å². The molecule has 15 heavy (non-hydrogen) atoms. The number of rotatable bonds is 4. The second kappa shape index (κ2) is 4.52. The fourth-order valence-corrected chi connectivity index (χ4v) is 2.72. The minimum absolute atomic E-state index is 0.350. The molecule has 1 saturated heterocycles. The summed E-state index contributed by atoms with van der Waals surface area (Å²) in [5, 5.41) is 3.14. The molecule has 1 aliphatic carbocycles. The number of amides is 1. The van der Waals surface area contributed by atoms with Gasteiger partial charge in [0, 0.05) is 25.6 Å². The molecule has 1 N–H and O–H groups in total. The highest BCUT2D eigenvalue weighted by Crippen LogP contribution is 2.42. The fraction of sp³-hybridized carbons (Fsp3) is 0.917. The zero-order valence-electron chi connectivity index (χ0n) is 9.83. The summed E-state index contributed by atoms with van der Waals surface area (Å²) in [6.07, 6.45) is 4.76. The lowest BCUT2D eigenvalue weighted by Crippen LogP contribution is -2.47. The van der Waals surface area contributed by atoms with Crippen molar-refractivity contribution >= 4 is 5.91 Å². The summed E-state index contributed by atoms with van der Waals surface area (Å²) < 4.78 is 0. The van der Waals surface area contributed by atoms with Crippen molar-refractivity contribution in [2.45, 2.75) is 38.6 Å². The Kier molecular flexibility index (Phi) is 3.29. The van der Waals surface area contributed by atoms with E-state index in [1.807, 2.05) is 7.05 Å². The summed E-state index contributed by atoms with van der Waals surface area (Å²) in [4.78, 5) is 14.0. The molecule has 2 atom stereocenters. The van der Waals surface area contributed by atoms with Crippen molar-refractivity contribution < 1.29 is 4.79 Å². The molecule has 0 spiro atoms. The van der Waals surface area contributed by atoms with Crippen LogP contribution in [-0.2, 0) is 4.79 Å². The molecule has 0 aromatic heterocycles. The molecule has 1 heterocycles. The van der Waals surface area contributed by atoms with E-state index in [4.69, 9.17) is 0 Å². The summed E-state index contributed by atoms with van der Waals surface area (Å²) >= 11 is 0. The Morgan fingerprint density at radius 2 is 2.13 bits per heavy atom. The van der Waals surface area contributed by atoms with Gasteiger partial charge in [0.1, 0.15) is 0 Å². The molecule has 0 aromatic carbocycles. The average molecular weight is 210 g/mol. The molecular weight excluding hydrogens is 188 g/mol. The number of nitrogens with zero attached hydrogens (tertiary/aromatic N) is 1. The molecular formula is C12H22N2O. The van der Waals surface area contributed by atoms with E-state index in [0.717, 1.165) is 25.4 Å². The van der Waals surface area contributed by atoms with Crippen LogP contribution < -0.4 is 5.32 Å². The quantitative estimate of drug-likeness (QED) is 0.757. The van der Waals surface area contributed by atoms with Crippen LogP contribution in [0.25, 0.3) is 0 Å².